The van der Waals surface area contributed by atoms with Gasteiger partial charge in [-0.25, -0.2) is 4.79 Å². The summed E-state index contributed by atoms with van der Waals surface area (Å²) in [4.78, 5) is 41.8. The minimum atomic E-state index is -1.08. The van der Waals surface area contributed by atoms with Gasteiger partial charge in [0.1, 0.15) is 6.04 Å². The van der Waals surface area contributed by atoms with Crippen LogP contribution in [0, 0.1) is 0 Å². The largest absolute Gasteiger partial charge is 0.451 e. The third-order valence-electron chi connectivity index (χ3n) is 5.51. The summed E-state index contributed by atoms with van der Waals surface area (Å²) < 4.78 is 5.47. The van der Waals surface area contributed by atoms with Crippen LogP contribution in [0.4, 0.5) is 5.69 Å². The minimum absolute atomic E-state index is 0.159. The summed E-state index contributed by atoms with van der Waals surface area (Å²) in [6, 6.07) is 22.0. The third-order valence-corrected chi connectivity index (χ3v) is 5.84. The van der Waals surface area contributed by atoms with E-state index in [1.54, 1.807) is 54.7 Å². The van der Waals surface area contributed by atoms with Crippen molar-refractivity contribution in [3.8, 4) is 0 Å². The van der Waals surface area contributed by atoms with Crippen LogP contribution < -0.4 is 10.6 Å². The number of benzene rings is 3. The van der Waals surface area contributed by atoms with Gasteiger partial charge in [0, 0.05) is 29.2 Å². The molecule has 0 unspecified atom stereocenters. The Kier molecular flexibility index (Phi) is 7.48. The number of aromatic nitrogens is 1. The third kappa shape index (κ3) is 5.88. The Morgan fingerprint density at radius 1 is 0.943 bits per heavy atom. The molecule has 8 heteroatoms. The van der Waals surface area contributed by atoms with E-state index in [4.69, 9.17) is 16.3 Å². The van der Waals surface area contributed by atoms with Crippen molar-refractivity contribution < 1.29 is 19.1 Å². The zero-order valence-corrected chi connectivity index (χ0v) is 19.7. The number of anilines is 1. The molecule has 35 heavy (non-hydrogen) atoms. The van der Waals surface area contributed by atoms with Crippen LogP contribution in [0.2, 0.25) is 5.02 Å². The van der Waals surface area contributed by atoms with E-state index in [9.17, 15) is 14.4 Å². The number of para-hydroxylation sites is 2. The van der Waals surface area contributed by atoms with Crippen LogP contribution in [0.5, 0.6) is 0 Å². The van der Waals surface area contributed by atoms with Gasteiger partial charge in [0.05, 0.1) is 10.6 Å². The molecular weight excluding hydrogens is 466 g/mol. The highest BCUT2D eigenvalue weighted by Gasteiger charge is 2.28. The molecule has 0 aliphatic rings. The van der Waals surface area contributed by atoms with Crippen molar-refractivity contribution in [3.05, 3.63) is 101 Å². The molecule has 4 rings (SSSR count). The molecule has 2 atom stereocenters. The van der Waals surface area contributed by atoms with Crippen molar-refractivity contribution in [3.63, 3.8) is 0 Å². The quantitative estimate of drug-likeness (QED) is 0.311. The molecule has 4 aromatic rings. The molecule has 2 amide bonds. The van der Waals surface area contributed by atoms with E-state index in [2.05, 4.69) is 15.6 Å². The predicted molar refractivity (Wildman–Crippen MR) is 135 cm³/mol. The number of carbonyl (C=O) groups excluding carboxylic acids is 3. The zero-order valence-electron chi connectivity index (χ0n) is 19.0. The number of halogens is 1. The maximum absolute atomic E-state index is 13.2. The summed E-state index contributed by atoms with van der Waals surface area (Å²) in [5.74, 6) is -1.72. The van der Waals surface area contributed by atoms with Gasteiger partial charge < -0.3 is 20.4 Å². The molecule has 1 heterocycles. The van der Waals surface area contributed by atoms with Crippen LogP contribution in [0.15, 0.2) is 85.1 Å². The molecule has 0 radical (unpaired) electrons. The number of ether oxygens (including phenoxy) is 1. The number of fused-ring (bicyclic) bond motifs is 1. The second-order valence-electron chi connectivity index (χ2n) is 8.00. The first-order valence-corrected chi connectivity index (χ1v) is 11.5. The van der Waals surface area contributed by atoms with E-state index in [0.29, 0.717) is 5.69 Å². The number of carbonyl (C=O) groups is 3. The summed E-state index contributed by atoms with van der Waals surface area (Å²) in [5, 5.41) is 6.62. The van der Waals surface area contributed by atoms with Gasteiger partial charge in [0.15, 0.2) is 6.10 Å². The molecule has 3 N–H and O–H groups in total. The Labute approximate surface area is 207 Å². The number of amides is 2. The Morgan fingerprint density at radius 3 is 2.40 bits per heavy atom. The molecule has 3 aromatic carbocycles. The summed E-state index contributed by atoms with van der Waals surface area (Å²) in [5.41, 5.74) is 2.55. The standard InChI is InChI=1S/C27H24ClN3O4/c1-17(25(32)30-19-9-3-2-4-10-19)35-27(34)24(31-26(33)21-12-5-7-13-22(21)28)15-18-16-29-23-14-8-6-11-20(18)23/h2-14,16-17,24,29H,15H2,1H3,(H,30,32)(H,31,33)/t17-,24+/m1/s1. The van der Waals surface area contributed by atoms with Crippen LogP contribution in [0.25, 0.3) is 10.9 Å². The summed E-state index contributed by atoms with van der Waals surface area (Å²) in [7, 11) is 0. The van der Waals surface area contributed by atoms with E-state index in [-0.39, 0.29) is 17.0 Å². The molecule has 0 aliphatic carbocycles. The first-order valence-electron chi connectivity index (χ1n) is 11.1. The number of rotatable bonds is 8. The fraction of sp³-hybridized carbons (Fsp3) is 0.148. The van der Waals surface area contributed by atoms with Gasteiger partial charge in [-0.05, 0) is 42.8 Å². The Bertz CT molecular complexity index is 1350. The molecule has 0 spiro atoms. The summed E-state index contributed by atoms with van der Waals surface area (Å²) in [6.07, 6.45) is 0.870. The van der Waals surface area contributed by atoms with Crippen molar-refractivity contribution in [1.82, 2.24) is 10.3 Å². The van der Waals surface area contributed by atoms with E-state index >= 15 is 0 Å². The van der Waals surface area contributed by atoms with E-state index in [1.807, 2.05) is 30.3 Å². The van der Waals surface area contributed by atoms with Gasteiger partial charge in [-0.1, -0.05) is 60.1 Å². The van der Waals surface area contributed by atoms with Gasteiger partial charge in [-0.3, -0.25) is 9.59 Å². The number of aromatic amines is 1. The zero-order chi connectivity index (χ0) is 24.8. The van der Waals surface area contributed by atoms with Crippen molar-refractivity contribution in [2.24, 2.45) is 0 Å². The average molecular weight is 490 g/mol. The molecule has 0 saturated heterocycles. The highest BCUT2D eigenvalue weighted by atomic mass is 35.5. The van der Waals surface area contributed by atoms with Gasteiger partial charge in [0.2, 0.25) is 0 Å². The maximum atomic E-state index is 13.2. The molecule has 178 valence electrons. The molecular formula is C27H24ClN3O4. The van der Waals surface area contributed by atoms with E-state index < -0.39 is 29.9 Å². The first kappa shape index (κ1) is 24.0. The number of esters is 1. The van der Waals surface area contributed by atoms with Gasteiger partial charge >= 0.3 is 5.97 Å². The lowest BCUT2D eigenvalue weighted by Crippen LogP contribution is -2.45. The Morgan fingerprint density at radius 2 is 1.63 bits per heavy atom. The topological polar surface area (TPSA) is 100 Å². The lowest BCUT2D eigenvalue weighted by molar-refractivity contribution is -0.155. The van der Waals surface area contributed by atoms with Crippen LogP contribution in [-0.2, 0) is 20.7 Å². The molecule has 0 fully saturated rings. The summed E-state index contributed by atoms with van der Waals surface area (Å²) >= 11 is 6.17. The summed E-state index contributed by atoms with van der Waals surface area (Å²) in [6.45, 7) is 1.48. The lowest BCUT2D eigenvalue weighted by atomic mass is 10.0. The van der Waals surface area contributed by atoms with Crippen LogP contribution in [0.1, 0.15) is 22.8 Å². The second kappa shape index (κ2) is 10.9. The van der Waals surface area contributed by atoms with Gasteiger partial charge in [0.25, 0.3) is 11.8 Å². The molecule has 1 aromatic heterocycles. The van der Waals surface area contributed by atoms with E-state index in [1.165, 1.54) is 6.92 Å². The molecule has 0 bridgehead atoms. The minimum Gasteiger partial charge on any atom is -0.451 e. The number of nitrogens with one attached hydrogen (secondary N) is 3. The fourth-order valence-corrected chi connectivity index (χ4v) is 3.89. The monoisotopic (exact) mass is 489 g/mol. The van der Waals surface area contributed by atoms with Crippen molar-refractivity contribution in [1.29, 1.82) is 0 Å². The SMILES string of the molecule is C[C@@H](OC(=O)[C@H](Cc1c[nH]c2ccccc12)NC(=O)c1ccccc1Cl)C(=O)Nc1ccccc1. The molecule has 0 saturated carbocycles. The van der Waals surface area contributed by atoms with Crippen molar-refractivity contribution in [2.45, 2.75) is 25.5 Å². The lowest BCUT2D eigenvalue weighted by Gasteiger charge is -2.20. The highest BCUT2D eigenvalue weighted by molar-refractivity contribution is 6.33. The van der Waals surface area contributed by atoms with Crippen molar-refractivity contribution in [2.75, 3.05) is 5.32 Å². The first-order chi connectivity index (χ1) is 16.9. The Balaban J connectivity index is 1.53. The number of H-pyrrole nitrogens is 1. The number of hydrogen-bond donors (Lipinski definition) is 3. The van der Waals surface area contributed by atoms with Crippen molar-refractivity contribution >= 4 is 46.0 Å². The van der Waals surface area contributed by atoms with Gasteiger partial charge in [-0.2, -0.15) is 0 Å². The highest BCUT2D eigenvalue weighted by Crippen LogP contribution is 2.21. The molecule has 7 nitrogen and oxygen atoms in total. The average Bonchev–Trinajstić information content (AvgIpc) is 3.27. The number of hydrogen-bond acceptors (Lipinski definition) is 4. The second-order valence-corrected chi connectivity index (χ2v) is 8.41. The predicted octanol–water partition coefficient (Wildman–Crippen LogP) is 4.73. The van der Waals surface area contributed by atoms with Crippen LogP contribution >= 0.6 is 11.6 Å². The Hall–Kier alpha value is -4.10. The smallest absolute Gasteiger partial charge is 0.329 e. The molecule has 0 aliphatic heterocycles. The van der Waals surface area contributed by atoms with Gasteiger partial charge in [-0.15, -0.1) is 0 Å². The normalized spacial score (nSPS) is 12.5. The van der Waals surface area contributed by atoms with E-state index in [0.717, 1.165) is 16.5 Å². The van der Waals surface area contributed by atoms with Crippen LogP contribution in [-0.4, -0.2) is 34.9 Å². The maximum Gasteiger partial charge on any atom is 0.329 e. The fourth-order valence-electron chi connectivity index (χ4n) is 3.67. The van der Waals surface area contributed by atoms with Crippen LogP contribution in [0.3, 0.4) is 0 Å².